The maximum absolute atomic E-state index is 13.5. The molecule has 1 fully saturated rings. The average Bonchev–Trinajstić information content (AvgIpc) is 3.52. The molecule has 1 unspecified atom stereocenters. The van der Waals surface area contributed by atoms with Crippen molar-refractivity contribution in [2.24, 2.45) is 0 Å². The van der Waals surface area contributed by atoms with Gasteiger partial charge in [0.15, 0.2) is 32.8 Å². The second-order valence-electron chi connectivity index (χ2n) is 9.04. The zero-order valence-corrected chi connectivity index (χ0v) is 20.7. The number of hydrogen-bond donors (Lipinski definition) is 1. The number of unbranched alkanes of at least 4 members (excludes halogenated alkanes) is 1. The first-order valence-corrected chi connectivity index (χ1v) is 13.6. The van der Waals surface area contributed by atoms with Crippen LogP contribution in [0.5, 0.6) is 23.0 Å². The van der Waals surface area contributed by atoms with Crippen LogP contribution in [0.1, 0.15) is 56.9 Å². The minimum absolute atomic E-state index is 0.0350. The molecular formula is C26H32O8S. The number of hydrogen-bond acceptors (Lipinski definition) is 7. The van der Waals surface area contributed by atoms with Gasteiger partial charge in [-0.3, -0.25) is 4.79 Å². The molecule has 0 aromatic heterocycles. The van der Waals surface area contributed by atoms with Crippen molar-refractivity contribution < 1.29 is 37.3 Å². The van der Waals surface area contributed by atoms with Crippen LogP contribution in [0, 0.1) is 0 Å². The summed E-state index contributed by atoms with van der Waals surface area (Å²) >= 11 is 0. The number of carboxylic acids is 1. The Kier molecular flexibility index (Phi) is 8.05. The number of rotatable bonds is 12. The molecule has 4 rings (SSSR count). The Labute approximate surface area is 206 Å². The summed E-state index contributed by atoms with van der Waals surface area (Å²) in [6.45, 7) is 0.215. The van der Waals surface area contributed by atoms with Gasteiger partial charge in [-0.05, 0) is 74.8 Å². The van der Waals surface area contributed by atoms with E-state index in [9.17, 15) is 18.3 Å². The van der Waals surface area contributed by atoms with Crippen LogP contribution in [-0.4, -0.2) is 44.8 Å². The van der Waals surface area contributed by atoms with Crippen molar-refractivity contribution in [3.63, 3.8) is 0 Å². The lowest BCUT2D eigenvalue weighted by Crippen LogP contribution is -2.25. The first kappa shape index (κ1) is 25.2. The molecule has 9 heteroatoms. The zero-order chi connectivity index (χ0) is 24.8. The Bertz CT molecular complexity index is 1140. The highest BCUT2D eigenvalue weighted by atomic mass is 32.2. The topological polar surface area (TPSA) is 108 Å². The molecule has 0 radical (unpaired) electrons. The number of methoxy groups -OCH3 is 1. The zero-order valence-electron chi connectivity index (χ0n) is 19.9. The van der Waals surface area contributed by atoms with Crippen molar-refractivity contribution in [3.05, 3.63) is 42.0 Å². The molecule has 1 N–H and O–H groups in total. The van der Waals surface area contributed by atoms with E-state index in [1.807, 2.05) is 18.2 Å². The first-order chi connectivity index (χ1) is 16.9. The van der Waals surface area contributed by atoms with Gasteiger partial charge in [-0.2, -0.15) is 0 Å². The summed E-state index contributed by atoms with van der Waals surface area (Å²) in [4.78, 5) is 11.6. The molecule has 1 heterocycles. The molecule has 2 aliphatic rings. The molecule has 0 saturated heterocycles. The van der Waals surface area contributed by atoms with Gasteiger partial charge in [0.25, 0.3) is 0 Å². The van der Waals surface area contributed by atoms with Crippen molar-refractivity contribution >= 4 is 15.8 Å². The van der Waals surface area contributed by atoms with Gasteiger partial charge < -0.3 is 24.1 Å². The quantitative estimate of drug-likeness (QED) is 0.412. The summed E-state index contributed by atoms with van der Waals surface area (Å²) < 4.78 is 49.1. The van der Waals surface area contributed by atoms with Crippen molar-refractivity contribution in [3.8, 4) is 23.0 Å². The lowest BCUT2D eigenvalue weighted by Gasteiger charge is -2.19. The molecule has 2 aromatic carbocycles. The van der Waals surface area contributed by atoms with E-state index in [2.05, 4.69) is 0 Å². The second-order valence-corrected chi connectivity index (χ2v) is 11.3. The largest absolute Gasteiger partial charge is 0.493 e. The highest BCUT2D eigenvalue weighted by Crippen LogP contribution is 2.36. The van der Waals surface area contributed by atoms with E-state index in [-0.39, 0.29) is 24.2 Å². The summed E-state index contributed by atoms with van der Waals surface area (Å²) in [5, 5.41) is 8.39. The number of aliphatic carboxylic acids is 1. The van der Waals surface area contributed by atoms with Crippen LogP contribution in [-0.2, 0) is 21.1 Å². The maximum Gasteiger partial charge on any atom is 0.304 e. The first-order valence-electron chi connectivity index (χ1n) is 12.1. The van der Waals surface area contributed by atoms with Gasteiger partial charge >= 0.3 is 5.97 Å². The van der Waals surface area contributed by atoms with Crippen molar-refractivity contribution in [1.29, 1.82) is 0 Å². The van der Waals surface area contributed by atoms with E-state index < -0.39 is 27.5 Å². The lowest BCUT2D eigenvalue weighted by atomic mass is 10.0. The molecule has 0 spiro atoms. The SMILES string of the molecule is COc1ccc(S(=O)(=O)C(CCCCc2ccc3c(c2)OCO3)CC(=O)O)cc1OC1CCCC1. The predicted molar refractivity (Wildman–Crippen MR) is 129 cm³/mol. The fourth-order valence-electron chi connectivity index (χ4n) is 4.66. The van der Waals surface area contributed by atoms with Crippen molar-refractivity contribution in [2.45, 2.75) is 74.0 Å². The minimum atomic E-state index is -3.88. The Hall–Kier alpha value is -2.94. The molecule has 0 bridgehead atoms. The summed E-state index contributed by atoms with van der Waals surface area (Å²) in [5.41, 5.74) is 1.07. The minimum Gasteiger partial charge on any atom is -0.493 e. The lowest BCUT2D eigenvalue weighted by molar-refractivity contribution is -0.137. The summed E-state index contributed by atoms with van der Waals surface area (Å²) in [5.74, 6) is 1.15. The number of carbonyl (C=O) groups is 1. The van der Waals surface area contributed by atoms with Crippen LogP contribution >= 0.6 is 0 Å². The van der Waals surface area contributed by atoms with Gasteiger partial charge in [0, 0.05) is 6.07 Å². The monoisotopic (exact) mass is 504 g/mol. The Morgan fingerprint density at radius 1 is 1.06 bits per heavy atom. The number of carboxylic acid groups (broad SMARTS) is 1. The van der Waals surface area contributed by atoms with E-state index in [1.165, 1.54) is 19.2 Å². The molecule has 35 heavy (non-hydrogen) atoms. The molecule has 8 nitrogen and oxygen atoms in total. The highest BCUT2D eigenvalue weighted by molar-refractivity contribution is 7.92. The van der Waals surface area contributed by atoms with E-state index in [0.29, 0.717) is 23.7 Å². The summed E-state index contributed by atoms with van der Waals surface area (Å²) in [6.07, 6.45) is 5.89. The number of sulfone groups is 1. The highest BCUT2D eigenvalue weighted by Gasteiger charge is 2.31. The smallest absolute Gasteiger partial charge is 0.304 e. The summed E-state index contributed by atoms with van der Waals surface area (Å²) in [6, 6.07) is 10.3. The van der Waals surface area contributed by atoms with E-state index in [0.717, 1.165) is 49.8 Å². The third kappa shape index (κ3) is 6.20. The van der Waals surface area contributed by atoms with Crippen LogP contribution in [0.2, 0.25) is 0 Å². The number of aryl methyl sites for hydroxylation is 1. The molecule has 2 aromatic rings. The van der Waals surface area contributed by atoms with Crippen LogP contribution < -0.4 is 18.9 Å². The van der Waals surface area contributed by atoms with Crippen molar-refractivity contribution in [1.82, 2.24) is 0 Å². The van der Waals surface area contributed by atoms with Crippen LogP contribution in [0.4, 0.5) is 0 Å². The Morgan fingerprint density at radius 3 is 2.57 bits per heavy atom. The van der Waals surface area contributed by atoms with Gasteiger partial charge in [-0.1, -0.05) is 12.5 Å². The van der Waals surface area contributed by atoms with Gasteiger partial charge in [0.05, 0.1) is 29.8 Å². The normalized spacial score (nSPS) is 16.3. The fraction of sp³-hybridized carbons (Fsp3) is 0.500. The molecule has 0 amide bonds. The molecule has 1 aliphatic heterocycles. The van der Waals surface area contributed by atoms with Gasteiger partial charge in [0.2, 0.25) is 6.79 Å². The third-order valence-electron chi connectivity index (χ3n) is 6.58. The van der Waals surface area contributed by atoms with Gasteiger partial charge in [-0.15, -0.1) is 0 Å². The maximum atomic E-state index is 13.5. The molecule has 1 saturated carbocycles. The average molecular weight is 505 g/mol. The molecule has 1 atom stereocenters. The van der Waals surface area contributed by atoms with Gasteiger partial charge in [-0.25, -0.2) is 8.42 Å². The van der Waals surface area contributed by atoms with Crippen LogP contribution in [0.25, 0.3) is 0 Å². The Balaban J connectivity index is 1.43. The summed E-state index contributed by atoms with van der Waals surface area (Å²) in [7, 11) is -2.37. The Morgan fingerprint density at radius 2 is 1.83 bits per heavy atom. The van der Waals surface area contributed by atoms with Crippen molar-refractivity contribution in [2.75, 3.05) is 13.9 Å². The molecule has 190 valence electrons. The van der Waals surface area contributed by atoms with E-state index in [4.69, 9.17) is 18.9 Å². The number of ether oxygens (including phenoxy) is 4. The number of benzene rings is 2. The van der Waals surface area contributed by atoms with Crippen LogP contribution in [0.3, 0.4) is 0 Å². The van der Waals surface area contributed by atoms with Crippen LogP contribution in [0.15, 0.2) is 41.3 Å². The third-order valence-corrected chi connectivity index (χ3v) is 8.77. The van der Waals surface area contributed by atoms with Gasteiger partial charge in [0.1, 0.15) is 0 Å². The molecule has 1 aliphatic carbocycles. The standard InChI is InChI=1S/C26H32O8S/c1-31-22-13-11-21(15-25(22)34-19-7-3-4-8-19)35(29,30)20(16-26(27)28)9-5-2-6-18-10-12-23-24(14-18)33-17-32-23/h10-15,19-20H,2-9,16-17H2,1H3,(H,27,28). The molecular weight excluding hydrogens is 472 g/mol. The van der Waals surface area contributed by atoms with E-state index in [1.54, 1.807) is 6.07 Å². The predicted octanol–water partition coefficient (Wildman–Crippen LogP) is 4.78. The number of fused-ring (bicyclic) bond motifs is 1. The fourth-order valence-corrected chi connectivity index (χ4v) is 6.42. The second kappa shape index (κ2) is 11.2. The van der Waals surface area contributed by atoms with E-state index >= 15 is 0 Å².